The van der Waals surface area contributed by atoms with Gasteiger partial charge in [-0.2, -0.15) is 5.26 Å². The molecule has 0 saturated heterocycles. The number of nitrogens with one attached hydrogen (secondary N) is 1. The number of aliphatic imine (C=N–C) groups is 1. The second-order valence-electron chi connectivity index (χ2n) is 5.90. The van der Waals surface area contributed by atoms with Crippen LogP contribution in [-0.4, -0.2) is 29.2 Å². The van der Waals surface area contributed by atoms with Crippen LogP contribution in [0.5, 0.6) is 0 Å². The molecule has 1 aliphatic rings. The molecule has 1 aliphatic heterocycles. The van der Waals surface area contributed by atoms with Crippen molar-refractivity contribution in [3.05, 3.63) is 46.7 Å². The minimum absolute atomic E-state index is 0.384. The predicted octanol–water partition coefficient (Wildman–Crippen LogP) is 4.22. The molecule has 0 radical (unpaired) electrons. The van der Waals surface area contributed by atoms with Crippen molar-refractivity contribution in [3.8, 4) is 17.2 Å². The molecule has 0 spiro atoms. The third kappa shape index (κ3) is 3.24. The molecule has 26 heavy (non-hydrogen) atoms. The lowest BCUT2D eigenvalue weighted by Crippen LogP contribution is -2.50. The summed E-state index contributed by atoms with van der Waals surface area (Å²) in [6.45, 7) is 3.81. The normalized spacial score (nSPS) is 19.7. The largest absolute Gasteiger partial charge is 0.352 e. The average molecular weight is 366 g/mol. The first-order valence-corrected chi connectivity index (χ1v) is 9.14. The summed E-state index contributed by atoms with van der Waals surface area (Å²) >= 11 is 1.43. The van der Waals surface area contributed by atoms with Crippen molar-refractivity contribution in [2.45, 2.75) is 19.9 Å². The first kappa shape index (κ1) is 17.8. The zero-order chi connectivity index (χ0) is 18.7. The van der Waals surface area contributed by atoms with Gasteiger partial charge in [0.1, 0.15) is 5.92 Å². The molecule has 2 aromatic rings. The van der Waals surface area contributed by atoms with E-state index >= 15 is 0 Å². The van der Waals surface area contributed by atoms with E-state index in [1.165, 1.54) is 11.3 Å². The first-order chi connectivity index (χ1) is 12.6. The molecule has 0 fully saturated rings. The van der Waals surface area contributed by atoms with Crippen molar-refractivity contribution in [1.29, 1.82) is 5.26 Å². The molecule has 1 N–H and O–H groups in total. The van der Waals surface area contributed by atoms with Gasteiger partial charge in [0, 0.05) is 17.1 Å². The van der Waals surface area contributed by atoms with E-state index in [1.807, 2.05) is 41.8 Å². The summed E-state index contributed by atoms with van der Waals surface area (Å²) < 4.78 is 0. The summed E-state index contributed by atoms with van der Waals surface area (Å²) in [6.07, 6.45) is 0. The lowest BCUT2D eigenvalue weighted by Gasteiger charge is -2.34. The van der Waals surface area contributed by atoms with E-state index in [2.05, 4.69) is 16.4 Å². The molecule has 4 amide bonds. The lowest BCUT2D eigenvalue weighted by atomic mass is 9.92. The number of hydrogen-bond donors (Lipinski definition) is 1. The Bertz CT molecular complexity index is 898. The third-order valence-corrected chi connectivity index (χ3v) is 5.23. The molecular weight excluding hydrogens is 348 g/mol. The molecule has 0 saturated carbocycles. The van der Waals surface area contributed by atoms with Gasteiger partial charge in [-0.3, -0.25) is 0 Å². The molecule has 6 nitrogen and oxygen atoms in total. The van der Waals surface area contributed by atoms with Crippen LogP contribution in [0.2, 0.25) is 0 Å². The zero-order valence-electron chi connectivity index (χ0n) is 14.5. The Balaban J connectivity index is 2.05. The Morgan fingerprint density at radius 3 is 2.73 bits per heavy atom. The van der Waals surface area contributed by atoms with E-state index in [1.54, 1.807) is 13.8 Å². The lowest BCUT2D eigenvalue weighted by molar-refractivity contribution is 0.168. The van der Waals surface area contributed by atoms with Gasteiger partial charge < -0.3 is 5.32 Å². The predicted molar refractivity (Wildman–Crippen MR) is 101 cm³/mol. The van der Waals surface area contributed by atoms with Crippen molar-refractivity contribution in [1.82, 2.24) is 10.2 Å². The fourth-order valence-corrected chi connectivity index (χ4v) is 4.01. The average Bonchev–Trinajstić information content (AvgIpc) is 3.12. The number of nitriles is 1. The number of carbonyl (C=O) groups is 2. The van der Waals surface area contributed by atoms with Crippen molar-refractivity contribution < 1.29 is 9.59 Å². The van der Waals surface area contributed by atoms with Crippen molar-refractivity contribution in [2.75, 3.05) is 6.54 Å². The maximum absolute atomic E-state index is 12.5. The smallest absolute Gasteiger partial charge is 0.338 e. The molecule has 3 rings (SSSR count). The van der Waals surface area contributed by atoms with Gasteiger partial charge in [0.2, 0.25) is 0 Å². The van der Waals surface area contributed by atoms with Crippen LogP contribution in [0.4, 0.5) is 9.59 Å². The van der Waals surface area contributed by atoms with Gasteiger partial charge in [-0.25, -0.2) is 19.5 Å². The highest BCUT2D eigenvalue weighted by Gasteiger charge is 2.42. The fourth-order valence-electron chi connectivity index (χ4n) is 2.97. The van der Waals surface area contributed by atoms with Crippen LogP contribution >= 0.6 is 11.3 Å². The van der Waals surface area contributed by atoms with E-state index in [0.29, 0.717) is 12.3 Å². The maximum atomic E-state index is 12.5. The van der Waals surface area contributed by atoms with E-state index in [9.17, 15) is 14.9 Å². The number of amides is 4. The number of carbonyl (C=O) groups excluding carboxylic acids is 2. The molecule has 0 bridgehead atoms. The van der Waals surface area contributed by atoms with Gasteiger partial charge >= 0.3 is 12.1 Å². The molecule has 1 aromatic carbocycles. The van der Waals surface area contributed by atoms with Crippen molar-refractivity contribution >= 4 is 29.1 Å². The van der Waals surface area contributed by atoms with Crippen LogP contribution in [0.25, 0.3) is 11.1 Å². The third-order valence-electron chi connectivity index (χ3n) is 4.23. The number of rotatable bonds is 3. The highest BCUT2D eigenvalue weighted by Crippen LogP contribution is 2.39. The SMILES string of the molecule is CCNC(=O)N1C(=O)N=C(C)C(C#N)C1c1cc(-c2ccccc2)cs1. The Labute approximate surface area is 155 Å². The zero-order valence-corrected chi connectivity index (χ0v) is 15.3. The topological polar surface area (TPSA) is 85.6 Å². The molecule has 7 heteroatoms. The molecule has 132 valence electrons. The van der Waals surface area contributed by atoms with Crippen LogP contribution in [0.1, 0.15) is 24.8 Å². The Morgan fingerprint density at radius 2 is 2.08 bits per heavy atom. The number of urea groups is 2. The van der Waals surface area contributed by atoms with E-state index in [4.69, 9.17) is 0 Å². The molecule has 2 heterocycles. The van der Waals surface area contributed by atoms with Gasteiger partial charge in [-0.05, 0) is 36.4 Å². The second kappa shape index (κ2) is 7.50. The summed E-state index contributed by atoms with van der Waals surface area (Å²) in [5.41, 5.74) is 2.46. The highest BCUT2D eigenvalue weighted by molar-refractivity contribution is 7.10. The standard InChI is InChI=1S/C19H18N4O2S/c1-3-21-18(24)23-17(15(10-20)12(2)22-19(23)25)16-9-14(11-26-16)13-7-5-4-6-8-13/h4-9,11,15,17H,3H2,1-2H3,(H,21,24). The summed E-state index contributed by atoms with van der Waals surface area (Å²) in [5, 5.41) is 14.2. The second-order valence-corrected chi connectivity index (χ2v) is 6.84. The molecule has 2 unspecified atom stereocenters. The number of nitrogens with zero attached hydrogens (tertiary/aromatic N) is 3. The van der Waals surface area contributed by atoms with E-state index < -0.39 is 24.0 Å². The number of benzene rings is 1. The van der Waals surface area contributed by atoms with Crippen molar-refractivity contribution in [3.63, 3.8) is 0 Å². The Morgan fingerprint density at radius 1 is 1.35 bits per heavy atom. The minimum atomic E-state index is -0.681. The van der Waals surface area contributed by atoms with Gasteiger partial charge in [-0.1, -0.05) is 30.3 Å². The van der Waals surface area contributed by atoms with Crippen molar-refractivity contribution in [2.24, 2.45) is 10.9 Å². The van der Waals surface area contributed by atoms with E-state index in [-0.39, 0.29) is 0 Å². The van der Waals surface area contributed by atoms with Crippen LogP contribution in [-0.2, 0) is 0 Å². The molecular formula is C19H18N4O2S. The van der Waals surface area contributed by atoms with Crippen LogP contribution in [0.3, 0.4) is 0 Å². The van der Waals surface area contributed by atoms with Gasteiger partial charge in [0.15, 0.2) is 0 Å². The van der Waals surface area contributed by atoms with E-state index in [0.717, 1.165) is 20.9 Å². The Kier molecular flexibility index (Phi) is 5.14. The monoisotopic (exact) mass is 366 g/mol. The summed E-state index contributed by atoms with van der Waals surface area (Å²) in [5.74, 6) is -0.669. The molecule has 2 atom stereocenters. The number of hydrogen-bond acceptors (Lipinski definition) is 4. The van der Waals surface area contributed by atoms with Gasteiger partial charge in [0.05, 0.1) is 12.1 Å². The summed E-state index contributed by atoms with van der Waals surface area (Å²) in [6, 6.07) is 12.1. The maximum Gasteiger partial charge on any atom is 0.352 e. The molecule has 1 aromatic heterocycles. The summed E-state index contributed by atoms with van der Waals surface area (Å²) in [4.78, 5) is 30.6. The Hall–Kier alpha value is -2.98. The highest BCUT2D eigenvalue weighted by atomic mass is 32.1. The van der Waals surface area contributed by atoms with Crippen LogP contribution in [0.15, 0.2) is 46.8 Å². The summed E-state index contributed by atoms with van der Waals surface area (Å²) in [7, 11) is 0. The fraction of sp³-hybridized carbons (Fsp3) is 0.263. The van der Waals surface area contributed by atoms with Crippen LogP contribution < -0.4 is 5.32 Å². The molecule has 0 aliphatic carbocycles. The number of imide groups is 1. The quantitative estimate of drug-likeness (QED) is 0.882. The minimum Gasteiger partial charge on any atom is -0.338 e. The first-order valence-electron chi connectivity index (χ1n) is 8.26. The van der Waals surface area contributed by atoms with Gasteiger partial charge in [0.25, 0.3) is 0 Å². The number of thiophene rings is 1. The van der Waals surface area contributed by atoms with Crippen LogP contribution in [0, 0.1) is 17.2 Å². The van der Waals surface area contributed by atoms with Gasteiger partial charge in [-0.15, -0.1) is 11.3 Å².